The van der Waals surface area contributed by atoms with Crippen LogP contribution in [0.4, 0.5) is 4.39 Å². The molecule has 2 aromatic rings. The van der Waals surface area contributed by atoms with E-state index in [1.165, 1.54) is 6.07 Å². The number of tetrazole rings is 1. The molecule has 0 radical (unpaired) electrons. The number of rotatable bonds is 5. The Balaban J connectivity index is 1.63. The normalized spacial score (nSPS) is 18.8. The van der Waals surface area contributed by atoms with Crippen molar-refractivity contribution < 1.29 is 14.3 Å². The lowest BCUT2D eigenvalue weighted by atomic mass is 10.0. The van der Waals surface area contributed by atoms with Crippen LogP contribution in [0.15, 0.2) is 18.2 Å². The van der Waals surface area contributed by atoms with Crippen LogP contribution in [0.25, 0.3) is 11.4 Å². The van der Waals surface area contributed by atoms with E-state index in [9.17, 15) is 14.3 Å². The molecule has 1 fully saturated rings. The van der Waals surface area contributed by atoms with Crippen molar-refractivity contribution in [3.05, 3.63) is 29.6 Å². The number of aliphatic hydroxyl groups excluding tert-OH is 1. The Bertz CT molecular complexity index is 704. The minimum Gasteiger partial charge on any atom is -0.391 e. The maximum Gasteiger partial charge on any atom is 0.223 e. The van der Waals surface area contributed by atoms with Gasteiger partial charge in [-0.3, -0.25) is 4.79 Å². The summed E-state index contributed by atoms with van der Waals surface area (Å²) in [7, 11) is 0. The number of halogens is 1. The number of aryl methyl sites for hydroxylation is 1. The van der Waals surface area contributed by atoms with Gasteiger partial charge in [0.25, 0.3) is 0 Å². The smallest absolute Gasteiger partial charge is 0.223 e. The number of benzene rings is 1. The zero-order chi connectivity index (χ0) is 17.1. The number of carbonyl (C=O) groups excluding carboxylic acids is 1. The average Bonchev–Trinajstić information content (AvgIpc) is 3.24. The van der Waals surface area contributed by atoms with E-state index in [2.05, 4.69) is 20.6 Å². The molecule has 128 valence electrons. The Morgan fingerprint density at radius 1 is 1.54 bits per heavy atom. The first kappa shape index (κ1) is 16.5. The zero-order valence-electron chi connectivity index (χ0n) is 13.4. The van der Waals surface area contributed by atoms with Gasteiger partial charge in [0.15, 0.2) is 0 Å². The molecule has 24 heavy (non-hydrogen) atoms. The van der Waals surface area contributed by atoms with Gasteiger partial charge in [-0.2, -0.15) is 5.21 Å². The van der Waals surface area contributed by atoms with Crippen molar-refractivity contribution >= 4 is 5.91 Å². The lowest BCUT2D eigenvalue weighted by Crippen LogP contribution is -2.41. The molecule has 3 rings (SSSR count). The number of nitrogens with one attached hydrogen (secondary N) is 1. The highest BCUT2D eigenvalue weighted by atomic mass is 19.1. The Morgan fingerprint density at radius 3 is 3.04 bits per heavy atom. The molecule has 1 saturated heterocycles. The summed E-state index contributed by atoms with van der Waals surface area (Å²) < 4.78 is 14.2. The van der Waals surface area contributed by atoms with Crippen LogP contribution < -0.4 is 0 Å². The summed E-state index contributed by atoms with van der Waals surface area (Å²) in [5.41, 5.74) is 1.01. The first-order valence-corrected chi connectivity index (χ1v) is 8.06. The fourth-order valence-electron chi connectivity index (χ4n) is 3.16. The number of hydrogen-bond donors (Lipinski definition) is 2. The van der Waals surface area contributed by atoms with Gasteiger partial charge in [-0.25, -0.2) is 4.39 Å². The van der Waals surface area contributed by atoms with E-state index in [1.54, 1.807) is 24.0 Å². The van der Waals surface area contributed by atoms with Crippen LogP contribution in [0.5, 0.6) is 0 Å². The summed E-state index contributed by atoms with van der Waals surface area (Å²) in [5.74, 6) is -0.105. The molecular weight excluding hydrogens is 313 g/mol. The molecule has 2 atom stereocenters. The van der Waals surface area contributed by atoms with Gasteiger partial charge in [0.2, 0.25) is 11.7 Å². The van der Waals surface area contributed by atoms with Crippen molar-refractivity contribution in [2.75, 3.05) is 6.54 Å². The molecule has 0 saturated carbocycles. The second-order valence-corrected chi connectivity index (χ2v) is 6.08. The highest BCUT2D eigenvalue weighted by Crippen LogP contribution is 2.23. The molecule has 2 heterocycles. The van der Waals surface area contributed by atoms with Crippen LogP contribution in [0.2, 0.25) is 0 Å². The van der Waals surface area contributed by atoms with E-state index in [-0.39, 0.29) is 18.4 Å². The molecule has 1 aromatic carbocycles. The largest absolute Gasteiger partial charge is 0.391 e. The molecule has 8 heteroatoms. The number of likely N-dealkylation sites (tertiary alicyclic amines) is 1. The van der Waals surface area contributed by atoms with Crippen LogP contribution in [0, 0.1) is 5.82 Å². The number of nitrogens with zero attached hydrogens (tertiary/aromatic N) is 4. The van der Waals surface area contributed by atoms with Crippen LogP contribution in [0.3, 0.4) is 0 Å². The van der Waals surface area contributed by atoms with E-state index in [0.717, 1.165) is 12.8 Å². The maximum absolute atomic E-state index is 14.2. The lowest BCUT2D eigenvalue weighted by Gasteiger charge is -2.27. The minimum atomic E-state index is -0.539. The predicted octanol–water partition coefficient (Wildman–Crippen LogP) is 1.31. The number of aromatic nitrogens is 4. The van der Waals surface area contributed by atoms with Gasteiger partial charge < -0.3 is 10.0 Å². The molecule has 7 nitrogen and oxygen atoms in total. The number of aliphatic hydroxyl groups is 1. The number of aromatic amines is 1. The van der Waals surface area contributed by atoms with Gasteiger partial charge in [0, 0.05) is 18.5 Å². The van der Waals surface area contributed by atoms with Crippen LogP contribution >= 0.6 is 0 Å². The van der Waals surface area contributed by atoms with E-state index in [1.807, 2.05) is 0 Å². The summed E-state index contributed by atoms with van der Waals surface area (Å²) in [4.78, 5) is 14.1. The minimum absolute atomic E-state index is 0.0416. The highest BCUT2D eigenvalue weighted by molar-refractivity contribution is 5.77. The third kappa shape index (κ3) is 3.43. The van der Waals surface area contributed by atoms with Gasteiger partial charge in [0.05, 0.1) is 12.1 Å². The van der Waals surface area contributed by atoms with Gasteiger partial charge in [-0.15, -0.1) is 10.2 Å². The number of amides is 1. The summed E-state index contributed by atoms with van der Waals surface area (Å²) >= 11 is 0. The van der Waals surface area contributed by atoms with Crippen LogP contribution in [-0.2, 0) is 11.2 Å². The zero-order valence-corrected chi connectivity index (χ0v) is 13.4. The molecule has 0 spiro atoms. The molecule has 0 bridgehead atoms. The molecule has 1 aliphatic rings. The standard InChI is InChI=1S/C16H20FN5O2/c1-10(23)14-3-2-8-22(14)15(24)7-6-11-4-5-12(9-13(11)17)16-18-20-21-19-16/h4-5,9-10,14,23H,2-3,6-8H2,1H3,(H,18,19,20,21)/t10?,14-/m1/s1. The highest BCUT2D eigenvalue weighted by Gasteiger charge is 2.31. The molecule has 1 amide bonds. The van der Waals surface area contributed by atoms with E-state index in [0.29, 0.717) is 29.9 Å². The number of H-pyrrole nitrogens is 1. The van der Waals surface area contributed by atoms with E-state index >= 15 is 0 Å². The van der Waals surface area contributed by atoms with E-state index < -0.39 is 11.9 Å². The second-order valence-electron chi connectivity index (χ2n) is 6.08. The second kappa shape index (κ2) is 7.04. The summed E-state index contributed by atoms with van der Waals surface area (Å²) in [5, 5.41) is 23.1. The van der Waals surface area contributed by atoms with Gasteiger partial charge in [0.1, 0.15) is 5.82 Å². The Labute approximate surface area is 138 Å². The quantitative estimate of drug-likeness (QED) is 0.860. The van der Waals surface area contributed by atoms with Gasteiger partial charge in [-0.1, -0.05) is 12.1 Å². The van der Waals surface area contributed by atoms with Crippen molar-refractivity contribution in [2.24, 2.45) is 0 Å². The first-order chi connectivity index (χ1) is 11.6. The third-order valence-corrected chi connectivity index (χ3v) is 4.44. The number of hydrogen-bond acceptors (Lipinski definition) is 5. The fraction of sp³-hybridized carbons (Fsp3) is 0.500. The fourth-order valence-corrected chi connectivity index (χ4v) is 3.16. The number of carbonyl (C=O) groups is 1. The Morgan fingerprint density at radius 2 is 2.38 bits per heavy atom. The molecule has 1 unspecified atom stereocenters. The van der Waals surface area contributed by atoms with Crippen molar-refractivity contribution in [2.45, 2.75) is 44.8 Å². The van der Waals surface area contributed by atoms with Crippen LogP contribution in [-0.4, -0.2) is 55.2 Å². The molecule has 0 aliphatic carbocycles. The topological polar surface area (TPSA) is 95.0 Å². The van der Waals surface area contributed by atoms with E-state index in [4.69, 9.17) is 0 Å². The third-order valence-electron chi connectivity index (χ3n) is 4.44. The molecule has 1 aromatic heterocycles. The SMILES string of the molecule is CC(O)[C@H]1CCCN1C(=O)CCc1ccc(-c2nn[nH]n2)cc1F. The van der Waals surface area contributed by atoms with Crippen LogP contribution in [0.1, 0.15) is 31.7 Å². The monoisotopic (exact) mass is 333 g/mol. The Kier molecular flexibility index (Phi) is 4.84. The van der Waals surface area contributed by atoms with Gasteiger partial charge >= 0.3 is 0 Å². The summed E-state index contributed by atoms with van der Waals surface area (Å²) in [6, 6.07) is 4.58. The van der Waals surface area contributed by atoms with Crippen molar-refractivity contribution in [1.82, 2.24) is 25.5 Å². The van der Waals surface area contributed by atoms with Crippen molar-refractivity contribution in [3.63, 3.8) is 0 Å². The average molecular weight is 333 g/mol. The Hall–Kier alpha value is -2.35. The van der Waals surface area contributed by atoms with Gasteiger partial charge in [-0.05, 0) is 43.0 Å². The lowest BCUT2D eigenvalue weighted by molar-refractivity contribution is -0.133. The summed E-state index contributed by atoms with van der Waals surface area (Å²) in [6.07, 6.45) is 1.72. The van der Waals surface area contributed by atoms with Crippen molar-refractivity contribution in [1.29, 1.82) is 0 Å². The maximum atomic E-state index is 14.2. The molecule has 1 aliphatic heterocycles. The summed E-state index contributed by atoms with van der Waals surface area (Å²) in [6.45, 7) is 2.36. The molecule has 2 N–H and O–H groups in total. The predicted molar refractivity (Wildman–Crippen MR) is 84.3 cm³/mol. The first-order valence-electron chi connectivity index (χ1n) is 8.06. The van der Waals surface area contributed by atoms with Crippen molar-refractivity contribution in [3.8, 4) is 11.4 Å². The molecular formula is C16H20FN5O2.